The fourth-order valence-electron chi connectivity index (χ4n) is 8.94. The zero-order valence-corrected chi connectivity index (χ0v) is 29.1. The molecule has 0 aliphatic carbocycles. The number of fused-ring (bicyclic) bond motifs is 6. The van der Waals surface area contributed by atoms with E-state index in [-0.39, 0.29) is 12.1 Å². The Hall–Kier alpha value is -5.79. The number of hydrogen-bond donors (Lipinski definition) is 2. The second-order valence-electron chi connectivity index (χ2n) is 14.3. The summed E-state index contributed by atoms with van der Waals surface area (Å²) in [6.07, 6.45) is 6.01. The topological polar surface area (TPSA) is 83.6 Å². The number of benzene rings is 5. The number of piperidine rings is 3. The third-order valence-electron chi connectivity index (χ3n) is 11.6. The Morgan fingerprint density at radius 2 is 1.44 bits per heavy atom. The van der Waals surface area contributed by atoms with Crippen LogP contribution in [0.25, 0.3) is 32.4 Å². The molecule has 258 valence electrons. The van der Waals surface area contributed by atoms with E-state index in [4.69, 9.17) is 4.74 Å². The normalized spacial score (nSPS) is 20.4. The molecular weight excluding hydrogens is 645 g/mol. The molecule has 3 aliphatic heterocycles. The lowest BCUT2D eigenvalue weighted by Crippen LogP contribution is -2.56. The van der Waals surface area contributed by atoms with Gasteiger partial charge < -0.3 is 15.4 Å². The summed E-state index contributed by atoms with van der Waals surface area (Å²) in [5, 5.41) is 12.7. The second kappa shape index (κ2) is 13.1. The standard InChI is InChI=1S/C45H40N4O3/c1-3-27-26-49-23-21-30(27)24-39(49)41(36-20-22-46-38-19-18-31(52-2)25-37(36)38)48-43-42(44(50)45(43)51)47-40(34-16-8-12-28-10-4-6-14-32(28)34)35-17-9-13-29-11-5-7-15-33(29)35/h3-20,22,25,27,30,39-41,47-48H,1,21,23-24,26H2,2H3/t27-,30-,39-,41-/m0/s1. The first-order valence-electron chi connectivity index (χ1n) is 18.1. The molecule has 52 heavy (non-hydrogen) atoms. The minimum atomic E-state index is -0.509. The number of anilines is 2. The number of methoxy groups -OCH3 is 1. The summed E-state index contributed by atoms with van der Waals surface area (Å²) < 4.78 is 5.64. The fraction of sp³-hybridized carbons (Fsp3) is 0.222. The van der Waals surface area contributed by atoms with Crippen LogP contribution in [0.15, 0.2) is 138 Å². The Bertz CT molecular complexity index is 2460. The van der Waals surface area contributed by atoms with Gasteiger partial charge in [-0.2, -0.15) is 0 Å². The molecule has 10 rings (SSSR count). The van der Waals surface area contributed by atoms with E-state index in [1.165, 1.54) is 0 Å². The molecule has 0 saturated carbocycles. The van der Waals surface area contributed by atoms with Gasteiger partial charge in [0.2, 0.25) is 0 Å². The van der Waals surface area contributed by atoms with Crippen molar-refractivity contribution in [3.05, 3.63) is 165 Å². The molecule has 3 aliphatic rings. The molecule has 0 radical (unpaired) electrons. The summed E-state index contributed by atoms with van der Waals surface area (Å²) in [5.74, 6) is 1.68. The number of aromatic nitrogens is 1. The lowest BCUT2D eigenvalue weighted by Gasteiger charge is -2.52. The van der Waals surface area contributed by atoms with E-state index in [0.29, 0.717) is 23.2 Å². The van der Waals surface area contributed by atoms with Gasteiger partial charge in [0.15, 0.2) is 0 Å². The third kappa shape index (κ3) is 5.35. The van der Waals surface area contributed by atoms with Gasteiger partial charge >= 0.3 is 0 Å². The van der Waals surface area contributed by atoms with Crippen molar-refractivity contribution in [2.45, 2.75) is 31.0 Å². The highest BCUT2D eigenvalue weighted by molar-refractivity contribution is 5.91. The maximum atomic E-state index is 13.8. The van der Waals surface area contributed by atoms with Crippen molar-refractivity contribution in [1.82, 2.24) is 9.88 Å². The second-order valence-corrected chi connectivity index (χ2v) is 14.3. The largest absolute Gasteiger partial charge is 0.497 e. The quantitative estimate of drug-likeness (QED) is 0.111. The molecule has 5 atom stereocenters. The Morgan fingerprint density at radius 3 is 2.08 bits per heavy atom. The average molecular weight is 685 g/mol. The molecule has 1 aromatic heterocycles. The van der Waals surface area contributed by atoms with E-state index < -0.39 is 16.9 Å². The van der Waals surface area contributed by atoms with Crippen LogP contribution in [0.3, 0.4) is 0 Å². The van der Waals surface area contributed by atoms with Gasteiger partial charge in [-0.3, -0.25) is 19.5 Å². The minimum Gasteiger partial charge on any atom is -0.497 e. The van der Waals surface area contributed by atoms with Gasteiger partial charge in [-0.1, -0.05) is 91.0 Å². The van der Waals surface area contributed by atoms with E-state index in [2.05, 4.69) is 93.8 Å². The smallest absolute Gasteiger partial charge is 0.253 e. The summed E-state index contributed by atoms with van der Waals surface area (Å²) in [6.45, 7) is 6.04. The van der Waals surface area contributed by atoms with E-state index in [1.54, 1.807) is 7.11 Å². The highest BCUT2D eigenvalue weighted by Crippen LogP contribution is 2.44. The Morgan fingerprint density at radius 1 is 0.788 bits per heavy atom. The first-order valence-corrected chi connectivity index (χ1v) is 18.1. The Balaban J connectivity index is 1.18. The maximum Gasteiger partial charge on any atom is 0.253 e. The predicted octanol–water partition coefficient (Wildman–Crippen LogP) is 8.40. The first-order chi connectivity index (χ1) is 25.5. The molecule has 1 unspecified atom stereocenters. The van der Waals surface area contributed by atoms with Crippen molar-refractivity contribution in [2.24, 2.45) is 11.8 Å². The van der Waals surface area contributed by atoms with Crippen molar-refractivity contribution >= 4 is 43.8 Å². The van der Waals surface area contributed by atoms with Gasteiger partial charge in [-0.25, -0.2) is 0 Å². The van der Waals surface area contributed by atoms with Crippen LogP contribution < -0.4 is 26.2 Å². The average Bonchev–Trinajstić information content (AvgIpc) is 3.21. The number of rotatable bonds is 10. The summed E-state index contributed by atoms with van der Waals surface area (Å²) in [5.41, 5.74) is 3.57. The van der Waals surface area contributed by atoms with Crippen molar-refractivity contribution in [1.29, 1.82) is 0 Å². The molecule has 7 aromatic rings. The highest BCUT2D eigenvalue weighted by Gasteiger charge is 2.44. The molecule has 4 heterocycles. The number of nitrogens with zero attached hydrogens (tertiary/aromatic N) is 2. The Labute approximate surface area is 302 Å². The van der Waals surface area contributed by atoms with Gasteiger partial charge in [0.05, 0.1) is 24.7 Å². The van der Waals surface area contributed by atoms with Crippen LogP contribution in [0.1, 0.15) is 41.6 Å². The van der Waals surface area contributed by atoms with Gasteiger partial charge in [0.1, 0.15) is 17.1 Å². The number of hydrogen-bond acceptors (Lipinski definition) is 7. The van der Waals surface area contributed by atoms with E-state index in [1.807, 2.05) is 54.7 Å². The van der Waals surface area contributed by atoms with Crippen LogP contribution >= 0.6 is 0 Å². The third-order valence-corrected chi connectivity index (χ3v) is 11.6. The minimum absolute atomic E-state index is 0.0935. The predicted molar refractivity (Wildman–Crippen MR) is 211 cm³/mol. The molecule has 7 heteroatoms. The lowest BCUT2D eigenvalue weighted by molar-refractivity contribution is 0.0105. The molecule has 7 nitrogen and oxygen atoms in total. The number of pyridine rings is 1. The molecular formula is C45H40N4O3. The number of ether oxygens (including phenoxy) is 1. The lowest BCUT2D eigenvalue weighted by atomic mass is 9.73. The summed E-state index contributed by atoms with van der Waals surface area (Å²) in [7, 11) is 1.66. The van der Waals surface area contributed by atoms with Crippen molar-refractivity contribution < 1.29 is 4.74 Å². The zero-order chi connectivity index (χ0) is 35.3. The van der Waals surface area contributed by atoms with Crippen molar-refractivity contribution in [2.75, 3.05) is 30.8 Å². The van der Waals surface area contributed by atoms with Gasteiger partial charge in [-0.15, -0.1) is 6.58 Å². The first kappa shape index (κ1) is 32.1. The van der Waals surface area contributed by atoms with E-state index in [0.717, 1.165) is 80.8 Å². The maximum absolute atomic E-state index is 13.8. The van der Waals surface area contributed by atoms with Crippen LogP contribution in [-0.2, 0) is 0 Å². The van der Waals surface area contributed by atoms with Gasteiger partial charge in [0.25, 0.3) is 10.9 Å². The van der Waals surface area contributed by atoms with Crippen LogP contribution in [0.2, 0.25) is 0 Å². The highest BCUT2D eigenvalue weighted by atomic mass is 16.5. The van der Waals surface area contributed by atoms with Crippen molar-refractivity contribution in [3.8, 4) is 5.75 Å². The van der Waals surface area contributed by atoms with E-state index in [9.17, 15) is 9.59 Å². The Kier molecular flexibility index (Phi) is 8.08. The molecule has 2 N–H and O–H groups in total. The summed E-state index contributed by atoms with van der Waals surface area (Å²) >= 11 is 0. The van der Waals surface area contributed by atoms with Crippen LogP contribution in [-0.4, -0.2) is 36.1 Å². The monoisotopic (exact) mass is 684 g/mol. The summed E-state index contributed by atoms with van der Waals surface area (Å²) in [6, 6.07) is 36.5. The molecule has 3 fully saturated rings. The summed E-state index contributed by atoms with van der Waals surface area (Å²) in [4.78, 5) is 34.7. The van der Waals surface area contributed by atoms with Gasteiger partial charge in [-0.05, 0) is 93.7 Å². The van der Waals surface area contributed by atoms with Crippen LogP contribution in [0, 0.1) is 11.8 Å². The number of nitrogens with one attached hydrogen (secondary N) is 2. The molecule has 2 bridgehead atoms. The van der Waals surface area contributed by atoms with Crippen LogP contribution in [0.4, 0.5) is 11.4 Å². The molecule has 0 spiro atoms. The fourth-order valence-corrected chi connectivity index (χ4v) is 8.94. The van der Waals surface area contributed by atoms with Crippen molar-refractivity contribution in [3.63, 3.8) is 0 Å². The molecule has 6 aromatic carbocycles. The van der Waals surface area contributed by atoms with Gasteiger partial charge in [0, 0.05) is 24.2 Å². The molecule has 3 saturated heterocycles. The zero-order valence-electron chi connectivity index (χ0n) is 29.1. The van der Waals surface area contributed by atoms with Crippen LogP contribution in [0.5, 0.6) is 5.75 Å². The SMILES string of the molecule is C=C[C@H]1CN2CC[C@H]1C[C@H]2[C@@H](Nc1c(NC(c2cccc3ccccc23)c2cccc3ccccc23)c(=O)c1=O)c1ccnc2ccc(OC)cc12. The van der Waals surface area contributed by atoms with E-state index >= 15 is 0 Å². The molecule has 0 amide bonds.